The summed E-state index contributed by atoms with van der Waals surface area (Å²) in [6, 6.07) is 69.9. The Morgan fingerprint density at radius 3 is 1.44 bits per heavy atom. The van der Waals surface area contributed by atoms with Crippen LogP contribution < -0.4 is 0 Å². The standard InChI is InChI=1S/C62H48N2/c1-36-38(3)57-59-49(34-53-51-32-46(26-28-55(51)63-61(53)57)44-22-14-20-42(30-44)40-16-8-5-9-17-40)37(2)39(4)58-60(59)50(36)35-54-52-33-47(45-23-15-21-43(31-45)41-18-10-6-11-19-41)27-29-56(52)64(62(54)58)48-24-12-7-13-25-48/h5-39,63H,1-4H3. The second-order valence-corrected chi connectivity index (χ2v) is 18.7. The summed E-state index contributed by atoms with van der Waals surface area (Å²) in [5.74, 6) is 1.27. The molecule has 2 aliphatic rings. The largest absolute Gasteiger partial charge is 0.354 e. The molecule has 11 aromatic rings. The van der Waals surface area contributed by atoms with Gasteiger partial charge in [0.05, 0.1) is 16.6 Å². The lowest BCUT2D eigenvalue weighted by molar-refractivity contribution is 0.585. The van der Waals surface area contributed by atoms with Crippen LogP contribution in [0.25, 0.3) is 105 Å². The third-order valence-corrected chi connectivity index (χ3v) is 15.3. The summed E-state index contributed by atoms with van der Waals surface area (Å²) in [5, 5.41) is 5.32. The first kappa shape index (κ1) is 37.2. The molecule has 306 valence electrons. The fourth-order valence-electron chi connectivity index (χ4n) is 11.7. The number of aromatic nitrogens is 2. The number of hydrogen-bond donors (Lipinski definition) is 1. The van der Waals surface area contributed by atoms with E-state index in [1.807, 2.05) is 0 Å². The van der Waals surface area contributed by atoms with Gasteiger partial charge in [-0.25, -0.2) is 0 Å². The lowest BCUT2D eigenvalue weighted by atomic mass is 9.62. The van der Waals surface area contributed by atoms with Gasteiger partial charge < -0.3 is 9.55 Å². The molecule has 2 aromatic heterocycles. The van der Waals surface area contributed by atoms with Gasteiger partial charge in [-0.1, -0.05) is 155 Å². The average Bonchev–Trinajstić information content (AvgIpc) is 3.89. The molecule has 4 unspecified atom stereocenters. The highest BCUT2D eigenvalue weighted by atomic mass is 15.0. The Labute approximate surface area is 374 Å². The molecular weight excluding hydrogens is 773 g/mol. The number of aromatic amines is 1. The van der Waals surface area contributed by atoms with Gasteiger partial charge in [-0.2, -0.15) is 0 Å². The number of hydrogen-bond acceptors (Lipinski definition) is 0. The van der Waals surface area contributed by atoms with Crippen molar-refractivity contribution in [2.75, 3.05) is 0 Å². The summed E-state index contributed by atoms with van der Waals surface area (Å²) >= 11 is 0. The molecule has 13 rings (SSSR count). The normalized spacial score (nSPS) is 17.7. The molecule has 2 heteroatoms. The molecule has 4 atom stereocenters. The van der Waals surface area contributed by atoms with Gasteiger partial charge in [-0.05, 0) is 162 Å². The molecule has 2 nitrogen and oxygen atoms in total. The van der Waals surface area contributed by atoms with E-state index in [-0.39, 0.29) is 0 Å². The van der Waals surface area contributed by atoms with Crippen LogP contribution in [0, 0.1) is 0 Å². The van der Waals surface area contributed by atoms with Crippen LogP contribution in [0.1, 0.15) is 73.6 Å². The van der Waals surface area contributed by atoms with Crippen molar-refractivity contribution in [2.45, 2.75) is 51.4 Å². The smallest absolute Gasteiger partial charge is 0.0582 e. The van der Waals surface area contributed by atoms with E-state index in [4.69, 9.17) is 0 Å². The number of benzene rings is 9. The van der Waals surface area contributed by atoms with Crippen molar-refractivity contribution >= 4 is 43.6 Å². The molecule has 9 aromatic carbocycles. The van der Waals surface area contributed by atoms with E-state index in [1.54, 1.807) is 0 Å². The second-order valence-electron chi connectivity index (χ2n) is 18.7. The molecule has 2 heterocycles. The van der Waals surface area contributed by atoms with Crippen LogP contribution in [0.3, 0.4) is 0 Å². The zero-order valence-electron chi connectivity index (χ0n) is 36.7. The van der Waals surface area contributed by atoms with Crippen LogP contribution in [0.5, 0.6) is 0 Å². The second kappa shape index (κ2) is 14.0. The molecule has 0 aliphatic heterocycles. The molecule has 0 amide bonds. The molecule has 0 saturated heterocycles. The Morgan fingerprint density at radius 2 is 0.828 bits per heavy atom. The summed E-state index contributed by atoms with van der Waals surface area (Å²) in [6.45, 7) is 9.94. The fourth-order valence-corrected chi connectivity index (χ4v) is 11.7. The predicted octanol–water partition coefficient (Wildman–Crippen LogP) is 17.2. The van der Waals surface area contributed by atoms with Crippen molar-refractivity contribution in [2.24, 2.45) is 0 Å². The van der Waals surface area contributed by atoms with E-state index in [9.17, 15) is 0 Å². The van der Waals surface area contributed by atoms with Crippen molar-refractivity contribution in [1.29, 1.82) is 0 Å². The highest BCUT2D eigenvalue weighted by Crippen LogP contribution is 2.61. The van der Waals surface area contributed by atoms with Crippen LogP contribution in [-0.2, 0) is 0 Å². The third kappa shape index (κ3) is 5.38. The first-order chi connectivity index (χ1) is 31.4. The summed E-state index contributed by atoms with van der Waals surface area (Å²) in [5.41, 5.74) is 25.1. The van der Waals surface area contributed by atoms with E-state index in [0.717, 1.165) is 0 Å². The summed E-state index contributed by atoms with van der Waals surface area (Å²) in [6.07, 6.45) is 0. The zero-order chi connectivity index (χ0) is 42.8. The quantitative estimate of drug-likeness (QED) is 0.179. The number of para-hydroxylation sites is 1. The van der Waals surface area contributed by atoms with E-state index in [1.165, 1.54) is 127 Å². The van der Waals surface area contributed by atoms with Gasteiger partial charge in [-0.3, -0.25) is 0 Å². The summed E-state index contributed by atoms with van der Waals surface area (Å²) in [7, 11) is 0. The minimum absolute atomic E-state index is 0.297. The first-order valence-corrected chi connectivity index (χ1v) is 23.1. The van der Waals surface area contributed by atoms with Gasteiger partial charge >= 0.3 is 0 Å². The van der Waals surface area contributed by atoms with Gasteiger partial charge in [0.2, 0.25) is 0 Å². The molecule has 2 aliphatic carbocycles. The Balaban J connectivity index is 1.05. The highest BCUT2D eigenvalue weighted by Gasteiger charge is 2.42. The van der Waals surface area contributed by atoms with Crippen LogP contribution in [0.4, 0.5) is 0 Å². The molecule has 0 saturated carbocycles. The maximum Gasteiger partial charge on any atom is 0.0582 e. The Bertz CT molecular complexity index is 3660. The maximum absolute atomic E-state index is 4.03. The lowest BCUT2D eigenvalue weighted by Crippen LogP contribution is -2.23. The van der Waals surface area contributed by atoms with Gasteiger partial charge in [0.1, 0.15) is 0 Å². The number of nitrogens with zero attached hydrogens (tertiary/aromatic N) is 1. The Hall–Kier alpha value is -7.42. The minimum atomic E-state index is 0.297. The fraction of sp³-hybridized carbons (Fsp3) is 0.129. The Kier molecular flexibility index (Phi) is 8.15. The maximum atomic E-state index is 4.03. The van der Waals surface area contributed by atoms with Crippen LogP contribution in [0.15, 0.2) is 188 Å². The number of fused-ring (bicyclic) bond motifs is 8. The Morgan fingerprint density at radius 1 is 0.359 bits per heavy atom. The minimum Gasteiger partial charge on any atom is -0.354 e. The first-order valence-electron chi connectivity index (χ1n) is 23.1. The molecule has 1 N–H and O–H groups in total. The van der Waals surface area contributed by atoms with Gasteiger partial charge in [0.15, 0.2) is 0 Å². The van der Waals surface area contributed by atoms with Gasteiger partial charge in [0, 0.05) is 32.7 Å². The molecule has 64 heavy (non-hydrogen) atoms. The predicted molar refractivity (Wildman–Crippen MR) is 271 cm³/mol. The van der Waals surface area contributed by atoms with E-state index >= 15 is 0 Å². The lowest BCUT2D eigenvalue weighted by Gasteiger charge is -2.41. The van der Waals surface area contributed by atoms with Gasteiger partial charge in [-0.15, -0.1) is 0 Å². The SMILES string of the molecule is CC1c2cc3c4cc(-c5cccc(-c6ccccc6)c5)ccc4n(-c4ccccc4)c3c3c2-c2c(cc4c([nH]c5ccc(-c6cccc(-c7ccccc7)c6)cc54)c2C1C)C(C)C3C. The van der Waals surface area contributed by atoms with Crippen molar-refractivity contribution in [3.05, 3.63) is 210 Å². The van der Waals surface area contributed by atoms with E-state index in [0.29, 0.717) is 23.7 Å². The van der Waals surface area contributed by atoms with Crippen molar-refractivity contribution in [3.63, 3.8) is 0 Å². The van der Waals surface area contributed by atoms with Crippen LogP contribution >= 0.6 is 0 Å². The molecular formula is C62H48N2. The van der Waals surface area contributed by atoms with Crippen molar-refractivity contribution < 1.29 is 0 Å². The zero-order valence-corrected chi connectivity index (χ0v) is 36.7. The monoisotopic (exact) mass is 820 g/mol. The molecule has 0 fully saturated rings. The van der Waals surface area contributed by atoms with Crippen molar-refractivity contribution in [1.82, 2.24) is 9.55 Å². The van der Waals surface area contributed by atoms with Crippen LogP contribution in [-0.4, -0.2) is 9.55 Å². The topological polar surface area (TPSA) is 20.7 Å². The number of H-pyrrole nitrogens is 1. The molecule has 0 bridgehead atoms. The van der Waals surface area contributed by atoms with Gasteiger partial charge in [0.25, 0.3) is 0 Å². The third-order valence-electron chi connectivity index (χ3n) is 15.3. The van der Waals surface area contributed by atoms with Crippen LogP contribution in [0.2, 0.25) is 0 Å². The number of rotatable bonds is 5. The molecule has 0 radical (unpaired) electrons. The number of nitrogens with one attached hydrogen (secondary N) is 1. The molecule has 0 spiro atoms. The summed E-state index contributed by atoms with van der Waals surface area (Å²) < 4.78 is 2.58. The van der Waals surface area contributed by atoms with E-state index in [2.05, 4.69) is 225 Å². The summed E-state index contributed by atoms with van der Waals surface area (Å²) in [4.78, 5) is 4.03. The highest BCUT2D eigenvalue weighted by molar-refractivity contribution is 6.16. The van der Waals surface area contributed by atoms with Crippen molar-refractivity contribution in [3.8, 4) is 61.3 Å². The van der Waals surface area contributed by atoms with E-state index < -0.39 is 0 Å². The average molecular weight is 821 g/mol.